The summed E-state index contributed by atoms with van der Waals surface area (Å²) in [5.74, 6) is 0. The van der Waals surface area contributed by atoms with E-state index < -0.39 is 0 Å². The van der Waals surface area contributed by atoms with Crippen LogP contribution in [0, 0.1) is 6.92 Å². The van der Waals surface area contributed by atoms with Crippen LogP contribution in [0.5, 0.6) is 0 Å². The Morgan fingerprint density at radius 3 is 2.18 bits per heavy atom. The highest BCUT2D eigenvalue weighted by Crippen LogP contribution is 2.49. The Morgan fingerprint density at radius 2 is 1.55 bits per heavy atom. The molecule has 2 saturated heterocycles. The van der Waals surface area contributed by atoms with Crippen molar-refractivity contribution in [1.82, 2.24) is 4.90 Å². The van der Waals surface area contributed by atoms with Crippen LogP contribution in [-0.2, 0) is 11.2 Å². The van der Waals surface area contributed by atoms with E-state index in [2.05, 4.69) is 72.2 Å². The van der Waals surface area contributed by atoms with Crippen molar-refractivity contribution in [3.8, 4) is 0 Å². The molecule has 0 aromatic heterocycles. The molecule has 180 valence electrons. The van der Waals surface area contributed by atoms with Gasteiger partial charge >= 0.3 is 0 Å². The molecule has 33 heavy (non-hydrogen) atoms. The number of aryl methyl sites for hydroxylation is 2. The average Bonchev–Trinajstić information content (AvgIpc) is 2.82. The number of benzene rings is 2. The SMILES string of the molecule is CCc1cc(N2CCOCC2)cc2c1Nc1c(C)cc(N3CCC(N(C)C)CC3)cc1S2.I. The minimum absolute atomic E-state index is 0. The Balaban J connectivity index is 0.00000259. The number of morpholine rings is 1. The van der Waals surface area contributed by atoms with Crippen LogP contribution in [0.2, 0.25) is 0 Å². The predicted octanol–water partition coefficient (Wildman–Crippen LogP) is 5.75. The highest BCUT2D eigenvalue weighted by atomic mass is 127. The van der Waals surface area contributed by atoms with Crippen molar-refractivity contribution in [3.63, 3.8) is 0 Å². The normalized spacial score (nSPS) is 18.5. The zero-order valence-corrected chi connectivity index (χ0v) is 23.5. The van der Waals surface area contributed by atoms with Crippen molar-refractivity contribution in [1.29, 1.82) is 0 Å². The van der Waals surface area contributed by atoms with E-state index in [1.807, 2.05) is 11.8 Å². The van der Waals surface area contributed by atoms with Gasteiger partial charge in [0.05, 0.1) is 24.6 Å². The number of nitrogens with one attached hydrogen (secondary N) is 1. The summed E-state index contributed by atoms with van der Waals surface area (Å²) in [5.41, 5.74) is 8.02. The molecule has 7 heteroatoms. The van der Waals surface area contributed by atoms with E-state index in [1.54, 1.807) is 0 Å². The summed E-state index contributed by atoms with van der Waals surface area (Å²) in [6.07, 6.45) is 3.50. The number of halogens is 1. The fourth-order valence-electron chi connectivity index (χ4n) is 5.21. The number of ether oxygens (including phenoxy) is 1. The lowest BCUT2D eigenvalue weighted by Gasteiger charge is -2.37. The Kier molecular flexibility index (Phi) is 8.03. The van der Waals surface area contributed by atoms with E-state index in [0.29, 0.717) is 6.04 Å². The number of piperidine rings is 1. The Labute approximate surface area is 220 Å². The first kappa shape index (κ1) is 24.9. The third-order valence-electron chi connectivity index (χ3n) is 7.24. The minimum atomic E-state index is 0. The first-order chi connectivity index (χ1) is 15.5. The van der Waals surface area contributed by atoms with Gasteiger partial charge in [-0.15, -0.1) is 24.0 Å². The van der Waals surface area contributed by atoms with Crippen LogP contribution in [0.15, 0.2) is 34.1 Å². The molecule has 3 aliphatic rings. The third kappa shape index (κ3) is 5.11. The Morgan fingerprint density at radius 1 is 0.939 bits per heavy atom. The molecule has 0 radical (unpaired) electrons. The average molecular weight is 581 g/mol. The van der Waals surface area contributed by atoms with Crippen LogP contribution in [0.3, 0.4) is 0 Å². The van der Waals surface area contributed by atoms with Gasteiger partial charge in [0.1, 0.15) is 0 Å². The number of rotatable bonds is 4. The number of fused-ring (bicyclic) bond motifs is 2. The molecule has 3 heterocycles. The summed E-state index contributed by atoms with van der Waals surface area (Å²) in [4.78, 5) is 10.1. The third-order valence-corrected chi connectivity index (χ3v) is 8.32. The second kappa shape index (κ2) is 10.6. The monoisotopic (exact) mass is 580 g/mol. The Hall–Kier alpha value is -1.16. The molecule has 0 saturated carbocycles. The summed E-state index contributed by atoms with van der Waals surface area (Å²) in [6, 6.07) is 10.2. The molecule has 2 fully saturated rings. The molecule has 3 aliphatic heterocycles. The summed E-state index contributed by atoms with van der Waals surface area (Å²) in [5, 5.41) is 3.82. The van der Waals surface area contributed by atoms with Crippen LogP contribution in [-0.4, -0.2) is 64.4 Å². The molecule has 5 nitrogen and oxygen atoms in total. The summed E-state index contributed by atoms with van der Waals surface area (Å²) < 4.78 is 5.57. The molecule has 0 aliphatic carbocycles. The molecule has 0 unspecified atom stereocenters. The fourth-order valence-corrected chi connectivity index (χ4v) is 6.40. The fraction of sp³-hybridized carbons (Fsp3) is 0.538. The molecular weight excluding hydrogens is 543 g/mol. The highest BCUT2D eigenvalue weighted by molar-refractivity contribution is 14.0. The number of hydrogen-bond donors (Lipinski definition) is 1. The van der Waals surface area contributed by atoms with E-state index in [9.17, 15) is 0 Å². The van der Waals surface area contributed by atoms with Gasteiger partial charge in [0, 0.05) is 53.4 Å². The lowest BCUT2D eigenvalue weighted by atomic mass is 10.0. The molecular formula is C26H37IN4OS. The summed E-state index contributed by atoms with van der Waals surface area (Å²) in [7, 11) is 4.41. The molecule has 1 N–H and O–H groups in total. The van der Waals surface area contributed by atoms with Gasteiger partial charge in [0.25, 0.3) is 0 Å². The van der Waals surface area contributed by atoms with Gasteiger partial charge < -0.3 is 24.8 Å². The minimum Gasteiger partial charge on any atom is -0.378 e. The van der Waals surface area contributed by atoms with Crippen molar-refractivity contribution in [2.24, 2.45) is 0 Å². The highest BCUT2D eigenvalue weighted by Gasteiger charge is 2.26. The van der Waals surface area contributed by atoms with Crippen molar-refractivity contribution in [2.45, 2.75) is 48.9 Å². The van der Waals surface area contributed by atoms with E-state index in [1.165, 1.54) is 56.5 Å². The van der Waals surface area contributed by atoms with Crippen LogP contribution < -0.4 is 15.1 Å². The maximum atomic E-state index is 5.57. The van der Waals surface area contributed by atoms with Gasteiger partial charge in [-0.05, 0) is 75.7 Å². The maximum Gasteiger partial charge on any atom is 0.0642 e. The second-order valence-corrected chi connectivity index (χ2v) is 10.6. The molecule has 2 aromatic rings. The molecule has 2 aromatic carbocycles. The van der Waals surface area contributed by atoms with Gasteiger partial charge in [0.2, 0.25) is 0 Å². The van der Waals surface area contributed by atoms with Crippen LogP contribution in [0.4, 0.5) is 22.7 Å². The molecule has 0 atom stereocenters. The molecule has 0 amide bonds. The van der Waals surface area contributed by atoms with Crippen molar-refractivity contribution in [2.75, 3.05) is 68.6 Å². The quantitative estimate of drug-likeness (QED) is 0.396. The van der Waals surface area contributed by atoms with Gasteiger partial charge in [-0.1, -0.05) is 18.7 Å². The van der Waals surface area contributed by atoms with Crippen LogP contribution in [0.1, 0.15) is 30.9 Å². The first-order valence-corrected chi connectivity index (χ1v) is 12.9. The number of anilines is 4. The topological polar surface area (TPSA) is 31.0 Å². The first-order valence-electron chi connectivity index (χ1n) is 12.0. The second-order valence-electron chi connectivity index (χ2n) is 9.48. The zero-order valence-electron chi connectivity index (χ0n) is 20.3. The molecule has 0 bridgehead atoms. The molecule has 0 spiro atoms. The van der Waals surface area contributed by atoms with Gasteiger partial charge in [-0.25, -0.2) is 0 Å². The largest absolute Gasteiger partial charge is 0.378 e. The number of nitrogens with zero attached hydrogens (tertiary/aromatic N) is 3. The standard InChI is InChI=1S/C26H36N4OS.HI/c1-5-19-15-22(30-10-12-31-13-11-30)17-24-26(19)27-25-18(2)14-21(16-23(25)32-24)29-8-6-20(7-9-29)28(3)4;/h14-17,20,27H,5-13H2,1-4H3;1H. The van der Waals surface area contributed by atoms with E-state index >= 15 is 0 Å². The number of hydrogen-bond acceptors (Lipinski definition) is 6. The van der Waals surface area contributed by atoms with Crippen LogP contribution in [0.25, 0.3) is 0 Å². The van der Waals surface area contributed by atoms with Gasteiger partial charge in [0.15, 0.2) is 0 Å². The predicted molar refractivity (Wildman–Crippen MR) is 152 cm³/mol. The van der Waals surface area contributed by atoms with Crippen molar-refractivity contribution >= 4 is 58.5 Å². The van der Waals surface area contributed by atoms with Crippen molar-refractivity contribution in [3.05, 3.63) is 35.4 Å². The Bertz CT molecular complexity index is 985. The van der Waals surface area contributed by atoms with Crippen LogP contribution >= 0.6 is 35.7 Å². The smallest absolute Gasteiger partial charge is 0.0642 e. The lowest BCUT2D eigenvalue weighted by Crippen LogP contribution is -2.42. The maximum absolute atomic E-state index is 5.57. The van der Waals surface area contributed by atoms with Gasteiger partial charge in [-0.3, -0.25) is 0 Å². The van der Waals surface area contributed by atoms with E-state index in [-0.39, 0.29) is 24.0 Å². The lowest BCUT2D eigenvalue weighted by molar-refractivity contribution is 0.122. The van der Waals surface area contributed by atoms with Crippen molar-refractivity contribution < 1.29 is 4.74 Å². The zero-order chi connectivity index (χ0) is 22.2. The summed E-state index contributed by atoms with van der Waals surface area (Å²) >= 11 is 1.93. The summed E-state index contributed by atoms with van der Waals surface area (Å²) in [6.45, 7) is 10.4. The molecule has 5 rings (SSSR count). The van der Waals surface area contributed by atoms with E-state index in [0.717, 1.165) is 45.8 Å². The van der Waals surface area contributed by atoms with E-state index in [4.69, 9.17) is 4.74 Å². The van der Waals surface area contributed by atoms with Gasteiger partial charge in [-0.2, -0.15) is 0 Å².